The Morgan fingerprint density at radius 1 is 1.03 bits per heavy atom. The van der Waals surface area contributed by atoms with Crippen molar-refractivity contribution < 1.29 is 4.79 Å². The molecule has 29 heavy (non-hydrogen) atoms. The van der Waals surface area contributed by atoms with Crippen molar-refractivity contribution >= 4 is 16.9 Å². The largest absolute Gasteiger partial charge is 0.340 e. The van der Waals surface area contributed by atoms with Crippen molar-refractivity contribution in [2.75, 3.05) is 32.7 Å². The highest BCUT2D eigenvalue weighted by atomic mass is 16.2. The van der Waals surface area contributed by atoms with E-state index in [0.29, 0.717) is 6.42 Å². The van der Waals surface area contributed by atoms with Crippen molar-refractivity contribution in [3.63, 3.8) is 0 Å². The van der Waals surface area contributed by atoms with Gasteiger partial charge in [0.05, 0.1) is 6.42 Å². The van der Waals surface area contributed by atoms with Crippen LogP contribution in [-0.2, 0) is 24.2 Å². The van der Waals surface area contributed by atoms with Gasteiger partial charge in [-0.25, -0.2) is 4.98 Å². The number of pyridine rings is 1. The van der Waals surface area contributed by atoms with Gasteiger partial charge >= 0.3 is 0 Å². The van der Waals surface area contributed by atoms with Crippen molar-refractivity contribution in [1.82, 2.24) is 19.4 Å². The highest BCUT2D eigenvalue weighted by Gasteiger charge is 2.21. The lowest BCUT2D eigenvalue weighted by atomic mass is 10.1. The second-order valence-electron chi connectivity index (χ2n) is 7.89. The van der Waals surface area contributed by atoms with Crippen LogP contribution in [0, 0.1) is 6.92 Å². The number of benzene rings is 1. The molecule has 0 saturated carbocycles. The smallest absolute Gasteiger partial charge is 0.227 e. The van der Waals surface area contributed by atoms with Gasteiger partial charge in [-0.3, -0.25) is 9.69 Å². The van der Waals surface area contributed by atoms with Crippen LogP contribution in [0.3, 0.4) is 0 Å². The van der Waals surface area contributed by atoms with Crippen molar-refractivity contribution in [3.05, 3.63) is 65.5 Å². The maximum absolute atomic E-state index is 12.7. The fraction of sp³-hybridized carbons (Fsp3) is 0.417. The zero-order chi connectivity index (χ0) is 20.2. The Kier molecular flexibility index (Phi) is 5.95. The minimum atomic E-state index is 0.246. The van der Waals surface area contributed by atoms with Crippen LogP contribution in [0.4, 0.5) is 0 Å². The molecule has 0 unspecified atom stereocenters. The summed E-state index contributed by atoms with van der Waals surface area (Å²) in [6.07, 6.45) is 5.65. The maximum Gasteiger partial charge on any atom is 0.227 e. The van der Waals surface area contributed by atoms with Gasteiger partial charge in [0.25, 0.3) is 0 Å². The SMILES string of the molecule is CCn1cc(CCN2CCN(C(=O)Cc3ccccc3C)CC2)c2cccnc21. The van der Waals surface area contributed by atoms with Gasteiger partial charge in [0.1, 0.15) is 5.65 Å². The molecule has 0 aliphatic carbocycles. The molecule has 1 fully saturated rings. The number of nitrogens with zero attached hydrogens (tertiary/aromatic N) is 4. The van der Waals surface area contributed by atoms with Crippen molar-refractivity contribution in [2.24, 2.45) is 0 Å². The first-order chi connectivity index (χ1) is 14.2. The molecule has 152 valence electrons. The summed E-state index contributed by atoms with van der Waals surface area (Å²) in [5, 5.41) is 1.27. The van der Waals surface area contributed by atoms with E-state index in [1.807, 2.05) is 29.3 Å². The Morgan fingerprint density at radius 2 is 1.83 bits per heavy atom. The summed E-state index contributed by atoms with van der Waals surface area (Å²) < 4.78 is 2.23. The van der Waals surface area contributed by atoms with Crippen LogP contribution in [0.1, 0.15) is 23.6 Å². The molecule has 0 atom stereocenters. The van der Waals surface area contributed by atoms with Crippen LogP contribution in [0.2, 0.25) is 0 Å². The Labute approximate surface area is 172 Å². The summed E-state index contributed by atoms with van der Waals surface area (Å²) in [5.41, 5.74) is 4.78. The van der Waals surface area contributed by atoms with Crippen molar-refractivity contribution in [3.8, 4) is 0 Å². The lowest BCUT2D eigenvalue weighted by Gasteiger charge is -2.35. The number of fused-ring (bicyclic) bond motifs is 1. The fourth-order valence-corrected chi connectivity index (χ4v) is 4.22. The van der Waals surface area contributed by atoms with E-state index in [9.17, 15) is 4.79 Å². The standard InChI is InChI=1S/C24H30N4O/c1-3-27-18-21(22-9-6-11-25-24(22)27)10-12-26-13-15-28(16-14-26)23(29)17-20-8-5-4-7-19(20)2/h4-9,11,18H,3,10,12-17H2,1-2H3. The molecule has 0 N–H and O–H groups in total. The zero-order valence-electron chi connectivity index (χ0n) is 17.5. The quantitative estimate of drug-likeness (QED) is 0.649. The molecule has 5 heteroatoms. The Morgan fingerprint density at radius 3 is 2.59 bits per heavy atom. The van der Waals surface area contributed by atoms with Gasteiger partial charge in [0, 0.05) is 57.0 Å². The van der Waals surface area contributed by atoms with Crippen LogP contribution in [0.5, 0.6) is 0 Å². The predicted octanol–water partition coefficient (Wildman–Crippen LogP) is 3.29. The van der Waals surface area contributed by atoms with Crippen LogP contribution < -0.4 is 0 Å². The number of aryl methyl sites for hydroxylation is 2. The van der Waals surface area contributed by atoms with E-state index in [4.69, 9.17) is 0 Å². The molecule has 1 aliphatic rings. The molecule has 5 nitrogen and oxygen atoms in total. The monoisotopic (exact) mass is 390 g/mol. The summed E-state index contributed by atoms with van der Waals surface area (Å²) in [5.74, 6) is 0.246. The topological polar surface area (TPSA) is 41.4 Å². The summed E-state index contributed by atoms with van der Waals surface area (Å²) in [6, 6.07) is 12.4. The number of hydrogen-bond acceptors (Lipinski definition) is 3. The van der Waals surface area contributed by atoms with E-state index >= 15 is 0 Å². The minimum Gasteiger partial charge on any atom is -0.340 e. The number of aromatic nitrogens is 2. The Balaban J connectivity index is 1.30. The molecule has 1 saturated heterocycles. The van der Waals surface area contributed by atoms with E-state index in [-0.39, 0.29) is 5.91 Å². The molecule has 3 aromatic rings. The highest BCUT2D eigenvalue weighted by Crippen LogP contribution is 2.20. The van der Waals surface area contributed by atoms with Gasteiger partial charge in [-0.1, -0.05) is 24.3 Å². The van der Waals surface area contributed by atoms with Gasteiger partial charge in [-0.2, -0.15) is 0 Å². The van der Waals surface area contributed by atoms with Crippen molar-refractivity contribution in [1.29, 1.82) is 0 Å². The number of carbonyl (C=O) groups is 1. The van der Waals surface area contributed by atoms with E-state index in [2.05, 4.69) is 52.7 Å². The molecule has 4 rings (SSSR count). The average molecular weight is 391 g/mol. The van der Waals surface area contributed by atoms with Crippen molar-refractivity contribution in [2.45, 2.75) is 33.2 Å². The van der Waals surface area contributed by atoms with E-state index in [1.165, 1.54) is 16.5 Å². The number of carbonyl (C=O) groups excluding carboxylic acids is 1. The van der Waals surface area contributed by atoms with Gasteiger partial charge in [0.2, 0.25) is 5.91 Å². The third-order valence-electron chi connectivity index (χ3n) is 6.08. The molecule has 0 radical (unpaired) electrons. The van der Waals surface area contributed by atoms with E-state index in [1.54, 1.807) is 0 Å². The van der Waals surface area contributed by atoms with Crippen LogP contribution in [0.15, 0.2) is 48.8 Å². The third kappa shape index (κ3) is 4.35. The van der Waals surface area contributed by atoms with Crippen LogP contribution >= 0.6 is 0 Å². The summed E-state index contributed by atoms with van der Waals surface area (Å²) in [7, 11) is 0. The minimum absolute atomic E-state index is 0.246. The summed E-state index contributed by atoms with van der Waals surface area (Å²) in [6.45, 7) is 9.74. The maximum atomic E-state index is 12.7. The molecule has 2 aromatic heterocycles. The zero-order valence-corrected chi connectivity index (χ0v) is 17.5. The fourth-order valence-electron chi connectivity index (χ4n) is 4.22. The lowest BCUT2D eigenvalue weighted by Crippen LogP contribution is -2.49. The van der Waals surface area contributed by atoms with Gasteiger partial charge in [-0.05, 0) is 49.1 Å². The number of rotatable bonds is 6. The Bertz CT molecular complexity index is 985. The van der Waals surface area contributed by atoms with E-state index in [0.717, 1.165) is 56.9 Å². The van der Waals surface area contributed by atoms with E-state index < -0.39 is 0 Å². The Hall–Kier alpha value is -2.66. The number of hydrogen-bond donors (Lipinski definition) is 0. The molecule has 1 aliphatic heterocycles. The third-order valence-corrected chi connectivity index (χ3v) is 6.08. The highest BCUT2D eigenvalue weighted by molar-refractivity contribution is 5.80. The molecule has 1 aromatic carbocycles. The van der Waals surface area contributed by atoms with Crippen LogP contribution in [0.25, 0.3) is 11.0 Å². The first-order valence-electron chi connectivity index (χ1n) is 10.6. The van der Waals surface area contributed by atoms with Gasteiger partial charge < -0.3 is 9.47 Å². The molecular weight excluding hydrogens is 360 g/mol. The van der Waals surface area contributed by atoms with Gasteiger partial charge in [-0.15, -0.1) is 0 Å². The summed E-state index contributed by atoms with van der Waals surface area (Å²) >= 11 is 0. The average Bonchev–Trinajstić information content (AvgIpc) is 3.12. The second-order valence-corrected chi connectivity index (χ2v) is 7.89. The number of amides is 1. The second kappa shape index (κ2) is 8.78. The molecule has 0 bridgehead atoms. The first kappa shape index (κ1) is 19.6. The first-order valence-corrected chi connectivity index (χ1v) is 10.6. The summed E-state index contributed by atoms with van der Waals surface area (Å²) in [4.78, 5) is 21.7. The van der Waals surface area contributed by atoms with Crippen LogP contribution in [-0.4, -0.2) is 58.0 Å². The van der Waals surface area contributed by atoms with Gasteiger partial charge in [0.15, 0.2) is 0 Å². The normalized spacial score (nSPS) is 15.2. The number of piperazine rings is 1. The molecule has 3 heterocycles. The lowest BCUT2D eigenvalue weighted by molar-refractivity contribution is -0.132. The predicted molar refractivity (Wildman–Crippen MR) is 117 cm³/mol. The molecule has 1 amide bonds. The molecule has 0 spiro atoms. The molecular formula is C24H30N4O.